The number of ether oxygens (including phenoxy) is 1. The zero-order valence-electron chi connectivity index (χ0n) is 16.2. The lowest BCUT2D eigenvalue weighted by atomic mass is 10.0. The van der Waals surface area contributed by atoms with E-state index >= 15 is 0 Å². The van der Waals surface area contributed by atoms with Crippen molar-refractivity contribution in [2.24, 2.45) is 0 Å². The fourth-order valence-corrected chi connectivity index (χ4v) is 4.39. The van der Waals surface area contributed by atoms with Crippen LogP contribution in [0.5, 0.6) is 5.75 Å². The second-order valence-electron chi connectivity index (χ2n) is 7.14. The number of fused-ring (bicyclic) bond motifs is 1. The number of carbonyl (C=O) groups is 2. The van der Waals surface area contributed by atoms with Gasteiger partial charge in [0.1, 0.15) is 18.4 Å². The first-order valence-electron chi connectivity index (χ1n) is 9.96. The Morgan fingerprint density at radius 1 is 1.07 bits per heavy atom. The molecule has 0 unspecified atom stereocenters. The van der Waals surface area contributed by atoms with Crippen LogP contribution < -0.4 is 10.1 Å². The molecule has 1 fully saturated rings. The molecule has 6 heteroatoms. The first-order valence-corrected chi connectivity index (χ1v) is 10.8. The summed E-state index contributed by atoms with van der Waals surface area (Å²) in [7, 11) is 0. The summed E-state index contributed by atoms with van der Waals surface area (Å²) in [6.07, 6.45) is 2.60. The van der Waals surface area contributed by atoms with Gasteiger partial charge >= 0.3 is 0 Å². The highest BCUT2D eigenvalue weighted by Crippen LogP contribution is 2.22. The number of piperidine rings is 1. The van der Waals surface area contributed by atoms with Gasteiger partial charge in [-0.05, 0) is 53.6 Å². The van der Waals surface area contributed by atoms with Crippen LogP contribution in [0.1, 0.15) is 28.9 Å². The predicted octanol–water partition coefficient (Wildman–Crippen LogP) is 4.09. The third kappa shape index (κ3) is 4.59. The van der Waals surface area contributed by atoms with Crippen molar-refractivity contribution in [3.63, 3.8) is 0 Å². The first kappa shape index (κ1) is 19.5. The van der Waals surface area contributed by atoms with Crippen molar-refractivity contribution < 1.29 is 14.3 Å². The number of rotatable bonds is 6. The molecule has 1 aliphatic heterocycles. The summed E-state index contributed by atoms with van der Waals surface area (Å²) in [5, 5.41) is 7.11. The van der Waals surface area contributed by atoms with E-state index in [-0.39, 0.29) is 11.8 Å². The van der Waals surface area contributed by atoms with E-state index in [0.717, 1.165) is 24.0 Å². The van der Waals surface area contributed by atoms with Gasteiger partial charge in [0.2, 0.25) is 5.91 Å². The van der Waals surface area contributed by atoms with E-state index in [1.807, 2.05) is 53.9 Å². The van der Waals surface area contributed by atoms with Crippen molar-refractivity contribution in [1.82, 2.24) is 10.2 Å². The van der Waals surface area contributed by atoms with Crippen LogP contribution in [0.15, 0.2) is 60.0 Å². The molecule has 1 atom stereocenters. The fourth-order valence-electron chi connectivity index (χ4n) is 3.71. The maximum atomic E-state index is 12.7. The highest BCUT2D eigenvalue weighted by molar-refractivity contribution is 7.12. The first-order chi connectivity index (χ1) is 14.2. The number of nitrogens with zero attached hydrogens (tertiary/aromatic N) is 1. The van der Waals surface area contributed by atoms with Gasteiger partial charge in [0.05, 0.1) is 11.4 Å². The van der Waals surface area contributed by atoms with E-state index in [4.69, 9.17) is 4.74 Å². The standard InChI is InChI=1S/C23H24N2O3S/c26-22(20-8-3-4-13-25(20)23(27)21-9-5-15-29-21)24-12-14-28-19-11-10-17-6-1-2-7-18(17)16-19/h1-2,5-7,9-11,15-16,20H,3-4,8,12-14H2,(H,24,26)/t20-/m1/s1. The van der Waals surface area contributed by atoms with Gasteiger partial charge in [0, 0.05) is 6.54 Å². The van der Waals surface area contributed by atoms with Crippen molar-refractivity contribution in [2.45, 2.75) is 25.3 Å². The molecular formula is C23H24N2O3S. The van der Waals surface area contributed by atoms with Crippen LogP contribution >= 0.6 is 11.3 Å². The number of hydrogen-bond donors (Lipinski definition) is 1. The summed E-state index contributed by atoms with van der Waals surface area (Å²) in [6, 6.07) is 17.4. The smallest absolute Gasteiger partial charge is 0.264 e. The molecule has 4 rings (SSSR count). The Morgan fingerprint density at radius 3 is 2.76 bits per heavy atom. The molecule has 1 aliphatic rings. The normalized spacial score (nSPS) is 16.6. The number of nitrogens with one attached hydrogen (secondary N) is 1. The van der Waals surface area contributed by atoms with Crippen LogP contribution in [0.4, 0.5) is 0 Å². The summed E-state index contributed by atoms with van der Waals surface area (Å²) < 4.78 is 5.79. The van der Waals surface area contributed by atoms with Crippen LogP contribution in [-0.4, -0.2) is 42.5 Å². The van der Waals surface area contributed by atoms with Gasteiger partial charge in [-0.2, -0.15) is 0 Å². The Balaban J connectivity index is 1.30. The van der Waals surface area contributed by atoms with Crippen LogP contribution in [0.25, 0.3) is 10.8 Å². The van der Waals surface area contributed by atoms with Crippen molar-refractivity contribution in [3.8, 4) is 5.75 Å². The number of amides is 2. The highest BCUT2D eigenvalue weighted by Gasteiger charge is 2.32. The quantitative estimate of drug-likeness (QED) is 0.625. The van der Waals surface area contributed by atoms with Crippen molar-refractivity contribution in [3.05, 3.63) is 64.9 Å². The molecule has 1 aromatic heterocycles. The summed E-state index contributed by atoms with van der Waals surface area (Å²) in [5.41, 5.74) is 0. The van der Waals surface area contributed by atoms with E-state index in [9.17, 15) is 9.59 Å². The molecule has 3 aromatic rings. The lowest BCUT2D eigenvalue weighted by Gasteiger charge is -2.34. The molecule has 0 spiro atoms. The lowest BCUT2D eigenvalue weighted by molar-refractivity contribution is -0.126. The number of hydrogen-bond acceptors (Lipinski definition) is 4. The molecule has 0 aliphatic carbocycles. The average Bonchev–Trinajstić information content (AvgIpc) is 3.31. The predicted molar refractivity (Wildman–Crippen MR) is 115 cm³/mol. The number of benzene rings is 2. The molecule has 2 heterocycles. The summed E-state index contributed by atoms with van der Waals surface area (Å²) >= 11 is 1.42. The molecule has 2 aromatic carbocycles. The zero-order chi connectivity index (χ0) is 20.1. The minimum Gasteiger partial charge on any atom is -0.492 e. The molecule has 150 valence electrons. The molecule has 5 nitrogen and oxygen atoms in total. The fraction of sp³-hybridized carbons (Fsp3) is 0.304. The summed E-state index contributed by atoms with van der Waals surface area (Å²) in [5.74, 6) is 0.633. The van der Waals surface area contributed by atoms with Crippen LogP contribution in [-0.2, 0) is 4.79 Å². The van der Waals surface area contributed by atoms with Gasteiger partial charge in [-0.1, -0.05) is 36.4 Å². The maximum Gasteiger partial charge on any atom is 0.264 e. The molecular weight excluding hydrogens is 384 g/mol. The summed E-state index contributed by atoms with van der Waals surface area (Å²) in [6.45, 7) is 1.42. The second kappa shape index (κ2) is 9.09. The van der Waals surface area contributed by atoms with Crippen molar-refractivity contribution in [2.75, 3.05) is 19.7 Å². The number of likely N-dealkylation sites (tertiary alicyclic amines) is 1. The van der Waals surface area contributed by atoms with E-state index < -0.39 is 6.04 Å². The second-order valence-corrected chi connectivity index (χ2v) is 8.08. The number of thiophene rings is 1. The van der Waals surface area contributed by atoms with E-state index in [0.29, 0.717) is 31.0 Å². The Hall–Kier alpha value is -2.86. The van der Waals surface area contributed by atoms with Crippen LogP contribution in [0, 0.1) is 0 Å². The third-order valence-electron chi connectivity index (χ3n) is 5.19. The molecule has 2 amide bonds. The Bertz CT molecular complexity index is 987. The topological polar surface area (TPSA) is 58.6 Å². The van der Waals surface area contributed by atoms with Gasteiger partial charge in [0.15, 0.2) is 0 Å². The Kier molecular flexibility index (Phi) is 6.10. The Labute approximate surface area is 174 Å². The molecule has 0 saturated carbocycles. The molecule has 0 radical (unpaired) electrons. The minimum atomic E-state index is -0.404. The van der Waals surface area contributed by atoms with E-state index in [2.05, 4.69) is 11.4 Å². The minimum absolute atomic E-state index is 0.0488. The average molecular weight is 409 g/mol. The van der Waals surface area contributed by atoms with E-state index in [1.165, 1.54) is 16.7 Å². The van der Waals surface area contributed by atoms with Gasteiger partial charge in [0.25, 0.3) is 5.91 Å². The van der Waals surface area contributed by atoms with E-state index in [1.54, 1.807) is 4.90 Å². The van der Waals surface area contributed by atoms with Crippen molar-refractivity contribution in [1.29, 1.82) is 0 Å². The molecule has 1 saturated heterocycles. The zero-order valence-corrected chi connectivity index (χ0v) is 17.0. The van der Waals surface area contributed by atoms with Gasteiger partial charge < -0.3 is 15.0 Å². The number of carbonyl (C=O) groups excluding carboxylic acids is 2. The molecule has 1 N–H and O–H groups in total. The van der Waals surface area contributed by atoms with Gasteiger partial charge in [-0.3, -0.25) is 9.59 Å². The SMILES string of the molecule is O=C(NCCOc1ccc2ccccc2c1)[C@H]1CCCCN1C(=O)c1cccs1. The summed E-state index contributed by atoms with van der Waals surface area (Å²) in [4.78, 5) is 27.8. The van der Waals surface area contributed by atoms with Crippen LogP contribution in [0.3, 0.4) is 0 Å². The Morgan fingerprint density at radius 2 is 1.93 bits per heavy atom. The largest absolute Gasteiger partial charge is 0.492 e. The molecule has 29 heavy (non-hydrogen) atoms. The van der Waals surface area contributed by atoms with Crippen LogP contribution in [0.2, 0.25) is 0 Å². The lowest BCUT2D eigenvalue weighted by Crippen LogP contribution is -2.52. The highest BCUT2D eigenvalue weighted by atomic mass is 32.1. The maximum absolute atomic E-state index is 12.7. The van der Waals surface area contributed by atoms with Crippen molar-refractivity contribution >= 4 is 33.9 Å². The van der Waals surface area contributed by atoms with Gasteiger partial charge in [-0.15, -0.1) is 11.3 Å². The molecule has 0 bridgehead atoms. The third-order valence-corrected chi connectivity index (χ3v) is 6.05. The monoisotopic (exact) mass is 408 g/mol. The van der Waals surface area contributed by atoms with Gasteiger partial charge in [-0.25, -0.2) is 0 Å².